The van der Waals surface area contributed by atoms with E-state index in [0.29, 0.717) is 36.8 Å². The van der Waals surface area contributed by atoms with Gasteiger partial charge in [-0.05, 0) is 43.0 Å². The quantitative estimate of drug-likeness (QED) is 0.136. The van der Waals surface area contributed by atoms with Gasteiger partial charge in [-0.15, -0.1) is 0 Å². The number of halogens is 7. The fraction of sp³-hybridized carbons (Fsp3) is 0.267. The molecule has 0 bridgehead atoms. The van der Waals surface area contributed by atoms with Gasteiger partial charge in [0.2, 0.25) is 0 Å². The van der Waals surface area contributed by atoms with Gasteiger partial charge in [0.15, 0.2) is 29.9 Å². The maximum atomic E-state index is 14.8. The Bertz CT molecular complexity index is 1370. The van der Waals surface area contributed by atoms with Crippen molar-refractivity contribution in [3.63, 3.8) is 0 Å². The van der Waals surface area contributed by atoms with Crippen LogP contribution in [-0.4, -0.2) is 13.2 Å². The molecule has 0 amide bonds. The van der Waals surface area contributed by atoms with Crippen molar-refractivity contribution < 1.29 is 49.7 Å². The Morgan fingerprint density at radius 2 is 1.54 bits per heavy atom. The minimum atomic E-state index is -4.33. The SMILES string of the molecule is CC=CCCC1COC(c2ccc(-c3ccc(C(F)(F)Oc4cc(F)c(OC=C(F)F)c(F)c4)c(F)c3)cc2)OC1. The van der Waals surface area contributed by atoms with Gasteiger partial charge in [-0.1, -0.05) is 42.5 Å². The molecule has 4 rings (SSSR count). The molecule has 0 unspecified atom stereocenters. The third-order valence-electron chi connectivity index (χ3n) is 6.23. The van der Waals surface area contributed by atoms with Gasteiger partial charge < -0.3 is 18.9 Å². The predicted molar refractivity (Wildman–Crippen MR) is 136 cm³/mol. The van der Waals surface area contributed by atoms with E-state index in [1.807, 2.05) is 13.0 Å². The molecule has 1 saturated heterocycles. The lowest BCUT2D eigenvalue weighted by Gasteiger charge is -2.29. The monoisotopic (exact) mass is 582 g/mol. The second-order valence-corrected chi connectivity index (χ2v) is 9.19. The van der Waals surface area contributed by atoms with E-state index in [1.165, 1.54) is 6.07 Å². The molecule has 3 aromatic carbocycles. The average Bonchev–Trinajstić information content (AvgIpc) is 2.92. The Morgan fingerprint density at radius 3 is 2.12 bits per heavy atom. The van der Waals surface area contributed by atoms with Crippen LogP contribution in [0.15, 0.2) is 79.1 Å². The van der Waals surface area contributed by atoms with Crippen LogP contribution in [0.2, 0.25) is 0 Å². The van der Waals surface area contributed by atoms with Crippen LogP contribution in [-0.2, 0) is 15.6 Å². The summed E-state index contributed by atoms with van der Waals surface area (Å²) in [6.07, 6.45) is -1.48. The second kappa shape index (κ2) is 13.2. The fourth-order valence-electron chi connectivity index (χ4n) is 4.18. The minimum absolute atomic E-state index is 0.221. The summed E-state index contributed by atoms with van der Waals surface area (Å²) in [5.74, 6) is -6.46. The molecule has 0 radical (unpaired) electrons. The van der Waals surface area contributed by atoms with Crippen molar-refractivity contribution in [2.45, 2.75) is 32.2 Å². The number of allylic oxidation sites excluding steroid dienone is 2. The molecule has 3 aromatic rings. The van der Waals surface area contributed by atoms with Gasteiger partial charge >= 0.3 is 12.2 Å². The van der Waals surface area contributed by atoms with E-state index < -0.39 is 53.0 Å². The van der Waals surface area contributed by atoms with Gasteiger partial charge in [-0.2, -0.15) is 17.6 Å². The van der Waals surface area contributed by atoms with Crippen LogP contribution in [0.4, 0.5) is 30.7 Å². The highest BCUT2D eigenvalue weighted by atomic mass is 19.3. The summed E-state index contributed by atoms with van der Waals surface area (Å²) in [6.45, 7) is 3.08. The van der Waals surface area contributed by atoms with Crippen molar-refractivity contribution >= 4 is 0 Å². The van der Waals surface area contributed by atoms with Crippen molar-refractivity contribution in [1.29, 1.82) is 0 Å². The first-order valence-corrected chi connectivity index (χ1v) is 12.6. The molecule has 0 aromatic heterocycles. The number of hydrogen-bond acceptors (Lipinski definition) is 4. The van der Waals surface area contributed by atoms with Crippen molar-refractivity contribution in [2.75, 3.05) is 13.2 Å². The number of benzene rings is 3. The first-order chi connectivity index (χ1) is 19.6. The zero-order chi connectivity index (χ0) is 29.6. The predicted octanol–water partition coefficient (Wildman–Crippen LogP) is 9.03. The van der Waals surface area contributed by atoms with Crippen LogP contribution < -0.4 is 9.47 Å². The lowest BCUT2D eigenvalue weighted by Crippen LogP contribution is -2.27. The standard InChI is InChI=1S/C30H25F7O4/c1-2-3-4-5-18-15-39-29(40-16-18)20-8-6-19(7-9-20)21-10-11-23(24(31)12-21)30(36,37)41-22-13-25(32)28(26(33)14-22)38-17-27(34)35/h2-3,6-14,17-18,29H,4-5,15-16H2,1H3. The summed E-state index contributed by atoms with van der Waals surface area (Å²) in [6, 6.07) is 10.3. The molecule has 218 valence electrons. The Kier molecular flexibility index (Phi) is 9.72. The normalized spacial score (nSPS) is 17.5. The lowest BCUT2D eigenvalue weighted by molar-refractivity contribution is -0.205. The summed E-state index contributed by atoms with van der Waals surface area (Å²) in [4.78, 5) is 0. The molecule has 1 aliphatic heterocycles. The summed E-state index contributed by atoms with van der Waals surface area (Å²) in [5.41, 5.74) is 0.380. The number of rotatable bonds is 10. The zero-order valence-corrected chi connectivity index (χ0v) is 21.7. The van der Waals surface area contributed by atoms with Crippen LogP contribution in [0.3, 0.4) is 0 Å². The van der Waals surface area contributed by atoms with Crippen molar-refractivity contribution in [3.05, 3.63) is 108 Å². The molecule has 1 aliphatic rings. The van der Waals surface area contributed by atoms with Gasteiger partial charge in [0.05, 0.1) is 18.8 Å². The fourth-order valence-corrected chi connectivity index (χ4v) is 4.18. The first kappa shape index (κ1) is 30.1. The van der Waals surface area contributed by atoms with Crippen LogP contribution in [0, 0.1) is 23.4 Å². The Morgan fingerprint density at radius 1 is 0.902 bits per heavy atom. The Hall–Kier alpha value is -3.83. The molecule has 0 spiro atoms. The topological polar surface area (TPSA) is 36.9 Å². The molecule has 1 fully saturated rings. The summed E-state index contributed by atoms with van der Waals surface area (Å²) in [7, 11) is 0. The molecule has 11 heteroatoms. The second-order valence-electron chi connectivity index (χ2n) is 9.19. The highest BCUT2D eigenvalue weighted by Crippen LogP contribution is 2.37. The molecule has 1 heterocycles. The van der Waals surface area contributed by atoms with Crippen LogP contribution in [0.5, 0.6) is 11.5 Å². The van der Waals surface area contributed by atoms with E-state index in [0.717, 1.165) is 30.5 Å². The van der Waals surface area contributed by atoms with Gasteiger partial charge in [0.1, 0.15) is 11.6 Å². The van der Waals surface area contributed by atoms with Gasteiger partial charge in [0, 0.05) is 23.6 Å². The number of ether oxygens (including phenoxy) is 4. The summed E-state index contributed by atoms with van der Waals surface area (Å²) >= 11 is 0. The molecular weight excluding hydrogens is 557 g/mol. The first-order valence-electron chi connectivity index (χ1n) is 12.6. The maximum absolute atomic E-state index is 14.8. The molecule has 4 nitrogen and oxygen atoms in total. The van der Waals surface area contributed by atoms with E-state index in [-0.39, 0.29) is 11.8 Å². The third-order valence-corrected chi connectivity index (χ3v) is 6.23. The van der Waals surface area contributed by atoms with Crippen molar-refractivity contribution in [1.82, 2.24) is 0 Å². The molecule has 0 atom stereocenters. The van der Waals surface area contributed by atoms with Crippen LogP contribution in [0.1, 0.15) is 37.2 Å². The molecule has 0 saturated carbocycles. The van der Waals surface area contributed by atoms with Gasteiger partial charge in [0.25, 0.3) is 0 Å². The van der Waals surface area contributed by atoms with Gasteiger partial charge in [-0.3, -0.25) is 0 Å². The summed E-state index contributed by atoms with van der Waals surface area (Å²) < 4.78 is 117. The third kappa shape index (κ3) is 7.68. The van der Waals surface area contributed by atoms with E-state index in [9.17, 15) is 30.7 Å². The highest BCUT2D eigenvalue weighted by Gasteiger charge is 2.38. The van der Waals surface area contributed by atoms with Gasteiger partial charge in [-0.25, -0.2) is 13.2 Å². The number of alkyl halides is 2. The highest BCUT2D eigenvalue weighted by molar-refractivity contribution is 5.64. The largest absolute Gasteiger partial charge is 0.453 e. The van der Waals surface area contributed by atoms with E-state index in [2.05, 4.69) is 15.5 Å². The maximum Gasteiger partial charge on any atom is 0.429 e. The Balaban J connectivity index is 1.43. The average molecular weight is 583 g/mol. The minimum Gasteiger partial charge on any atom is -0.453 e. The zero-order valence-electron chi connectivity index (χ0n) is 21.7. The molecule has 0 N–H and O–H groups in total. The van der Waals surface area contributed by atoms with E-state index >= 15 is 0 Å². The molecule has 0 aliphatic carbocycles. The molecular formula is C30H25F7O4. The smallest absolute Gasteiger partial charge is 0.429 e. The number of hydrogen-bond donors (Lipinski definition) is 0. The van der Waals surface area contributed by atoms with E-state index in [1.54, 1.807) is 24.3 Å². The Labute approximate surface area is 231 Å². The van der Waals surface area contributed by atoms with Crippen LogP contribution in [0.25, 0.3) is 11.1 Å². The van der Waals surface area contributed by atoms with Crippen molar-refractivity contribution in [2.24, 2.45) is 5.92 Å². The lowest BCUT2D eigenvalue weighted by atomic mass is 10.0. The molecule has 41 heavy (non-hydrogen) atoms. The van der Waals surface area contributed by atoms with E-state index in [4.69, 9.17) is 9.47 Å². The van der Waals surface area contributed by atoms with Crippen LogP contribution >= 0.6 is 0 Å². The van der Waals surface area contributed by atoms with Crippen molar-refractivity contribution in [3.8, 4) is 22.6 Å². The summed E-state index contributed by atoms with van der Waals surface area (Å²) in [5, 5.41) is 0.